The molecule has 0 spiro atoms. The maximum Gasteiger partial charge on any atom is 0.321 e. The average molecular weight is 426 g/mol. The van der Waals surface area contributed by atoms with Crippen LogP contribution in [0.3, 0.4) is 0 Å². The Bertz CT molecular complexity index is 1210. The highest BCUT2D eigenvalue weighted by Gasteiger charge is 2.08. The second-order valence-corrected chi connectivity index (χ2v) is 6.63. The zero-order chi connectivity index (χ0) is 22.3. The predicted molar refractivity (Wildman–Crippen MR) is 118 cm³/mol. The summed E-state index contributed by atoms with van der Waals surface area (Å²) in [5, 5.41) is 2.82. The molecule has 3 aromatic carbocycles. The first kappa shape index (κ1) is 20.5. The van der Waals surface area contributed by atoms with Crippen LogP contribution in [-0.2, 0) is 0 Å². The molecule has 8 nitrogen and oxygen atoms in total. The number of amides is 2. The standard InChI is InChI=1S/C24H18N4O4/c25-22(29)16-2-8-19(9-3-16)31-20-10-4-17(5-11-20)23(30)28-18-6-12-21(13-7-18)32-24-26-14-1-15-27-24/h1-15H,(H2,25,29)(H,28,30). The highest BCUT2D eigenvalue weighted by atomic mass is 16.5. The number of hydrogen-bond donors (Lipinski definition) is 2. The first-order chi connectivity index (χ1) is 15.6. The van der Waals surface area contributed by atoms with E-state index >= 15 is 0 Å². The van der Waals surface area contributed by atoms with Gasteiger partial charge < -0.3 is 20.5 Å². The number of primary amides is 1. The van der Waals surface area contributed by atoms with Crippen molar-refractivity contribution in [3.63, 3.8) is 0 Å². The van der Waals surface area contributed by atoms with Crippen LogP contribution in [0.1, 0.15) is 20.7 Å². The van der Waals surface area contributed by atoms with Gasteiger partial charge in [-0.1, -0.05) is 0 Å². The molecule has 0 saturated carbocycles. The van der Waals surface area contributed by atoms with Crippen LogP contribution >= 0.6 is 0 Å². The molecule has 32 heavy (non-hydrogen) atoms. The Morgan fingerprint density at radius 1 is 0.688 bits per heavy atom. The van der Waals surface area contributed by atoms with Crippen LogP contribution in [0.15, 0.2) is 91.3 Å². The van der Waals surface area contributed by atoms with Crippen molar-refractivity contribution in [1.29, 1.82) is 0 Å². The van der Waals surface area contributed by atoms with Crippen molar-refractivity contribution < 1.29 is 19.1 Å². The van der Waals surface area contributed by atoms with Gasteiger partial charge in [0.25, 0.3) is 5.91 Å². The Morgan fingerprint density at radius 2 is 1.19 bits per heavy atom. The van der Waals surface area contributed by atoms with Gasteiger partial charge >= 0.3 is 6.01 Å². The first-order valence-corrected chi connectivity index (χ1v) is 9.61. The summed E-state index contributed by atoms with van der Waals surface area (Å²) in [5.74, 6) is 0.898. The highest BCUT2D eigenvalue weighted by molar-refractivity contribution is 6.04. The summed E-state index contributed by atoms with van der Waals surface area (Å²) in [7, 11) is 0. The maximum atomic E-state index is 12.5. The number of nitrogens with one attached hydrogen (secondary N) is 1. The van der Waals surface area contributed by atoms with Gasteiger partial charge in [-0.25, -0.2) is 9.97 Å². The van der Waals surface area contributed by atoms with Crippen LogP contribution in [-0.4, -0.2) is 21.8 Å². The third kappa shape index (κ3) is 5.25. The number of ether oxygens (including phenoxy) is 2. The number of nitrogens with two attached hydrogens (primary N) is 1. The number of benzene rings is 3. The summed E-state index contributed by atoms with van der Waals surface area (Å²) in [5.41, 5.74) is 6.72. The van der Waals surface area contributed by atoms with E-state index in [4.69, 9.17) is 15.2 Å². The summed E-state index contributed by atoms with van der Waals surface area (Å²) in [6.45, 7) is 0. The van der Waals surface area contributed by atoms with Gasteiger partial charge in [0.2, 0.25) is 5.91 Å². The molecule has 8 heteroatoms. The van der Waals surface area contributed by atoms with E-state index in [1.165, 1.54) is 0 Å². The Balaban J connectivity index is 1.34. The predicted octanol–water partition coefficient (Wildman–Crippen LogP) is 4.41. The SMILES string of the molecule is NC(=O)c1ccc(Oc2ccc(C(=O)Nc3ccc(Oc4ncccn4)cc3)cc2)cc1. The number of carbonyl (C=O) groups excluding carboxylic acids is 2. The zero-order valence-electron chi connectivity index (χ0n) is 16.8. The summed E-state index contributed by atoms with van der Waals surface area (Å²) in [6, 6.07) is 22.0. The van der Waals surface area contributed by atoms with E-state index < -0.39 is 5.91 Å². The summed E-state index contributed by atoms with van der Waals surface area (Å²) in [4.78, 5) is 31.6. The van der Waals surface area contributed by atoms with Crippen LogP contribution < -0.4 is 20.5 Å². The molecule has 0 bridgehead atoms. The zero-order valence-corrected chi connectivity index (χ0v) is 16.8. The molecule has 158 valence electrons. The molecular weight excluding hydrogens is 408 g/mol. The minimum atomic E-state index is -0.501. The van der Waals surface area contributed by atoms with Crippen LogP contribution in [0.25, 0.3) is 0 Å². The molecule has 4 rings (SSSR count). The minimum absolute atomic E-state index is 0.246. The van der Waals surface area contributed by atoms with E-state index in [1.54, 1.807) is 91.3 Å². The molecule has 1 aromatic heterocycles. The first-order valence-electron chi connectivity index (χ1n) is 9.61. The molecule has 0 aliphatic carbocycles. The van der Waals surface area contributed by atoms with Crippen LogP contribution in [0.2, 0.25) is 0 Å². The molecule has 0 aliphatic rings. The normalized spacial score (nSPS) is 10.2. The third-order valence-corrected chi connectivity index (χ3v) is 4.35. The van der Waals surface area contributed by atoms with E-state index in [9.17, 15) is 9.59 Å². The molecular formula is C24H18N4O4. The lowest BCUT2D eigenvalue weighted by Gasteiger charge is -2.09. The molecule has 0 unspecified atom stereocenters. The molecule has 0 aliphatic heterocycles. The van der Waals surface area contributed by atoms with Gasteiger partial charge in [0.05, 0.1) is 0 Å². The molecule has 0 atom stereocenters. The second kappa shape index (κ2) is 9.40. The Morgan fingerprint density at radius 3 is 1.75 bits per heavy atom. The minimum Gasteiger partial charge on any atom is -0.457 e. The lowest BCUT2D eigenvalue weighted by Crippen LogP contribution is -2.11. The van der Waals surface area contributed by atoms with Crippen LogP contribution in [0, 0.1) is 0 Å². The highest BCUT2D eigenvalue weighted by Crippen LogP contribution is 2.23. The van der Waals surface area contributed by atoms with Gasteiger partial charge in [-0.3, -0.25) is 9.59 Å². The topological polar surface area (TPSA) is 116 Å². The second-order valence-electron chi connectivity index (χ2n) is 6.63. The van der Waals surface area contributed by atoms with E-state index in [0.717, 1.165) is 0 Å². The van der Waals surface area contributed by atoms with Crippen LogP contribution in [0.4, 0.5) is 5.69 Å². The van der Waals surface area contributed by atoms with Crippen molar-refractivity contribution in [3.8, 4) is 23.3 Å². The van der Waals surface area contributed by atoms with E-state index in [2.05, 4.69) is 15.3 Å². The summed E-state index contributed by atoms with van der Waals surface area (Å²) >= 11 is 0. The number of carbonyl (C=O) groups is 2. The quantitative estimate of drug-likeness (QED) is 0.452. The molecule has 4 aromatic rings. The number of hydrogen-bond acceptors (Lipinski definition) is 6. The summed E-state index contributed by atoms with van der Waals surface area (Å²) in [6.07, 6.45) is 3.18. The molecule has 2 amide bonds. The monoisotopic (exact) mass is 426 g/mol. The van der Waals surface area contributed by atoms with Crippen molar-refractivity contribution in [2.45, 2.75) is 0 Å². The van der Waals surface area contributed by atoms with E-state index in [-0.39, 0.29) is 11.9 Å². The Labute approximate surface area is 183 Å². The molecule has 0 radical (unpaired) electrons. The fraction of sp³-hybridized carbons (Fsp3) is 0. The van der Waals surface area contributed by atoms with Gasteiger partial charge in [0.15, 0.2) is 0 Å². The fourth-order valence-corrected chi connectivity index (χ4v) is 2.75. The third-order valence-electron chi connectivity index (χ3n) is 4.35. The van der Waals surface area contributed by atoms with Gasteiger partial charge in [0.1, 0.15) is 17.2 Å². The molecule has 1 heterocycles. The van der Waals surface area contributed by atoms with Crippen molar-refractivity contribution in [2.24, 2.45) is 5.73 Å². The van der Waals surface area contributed by atoms with Crippen LogP contribution in [0.5, 0.6) is 23.3 Å². The Hall–Kier alpha value is -4.72. The van der Waals surface area contributed by atoms with E-state index in [0.29, 0.717) is 34.1 Å². The van der Waals surface area contributed by atoms with Crippen molar-refractivity contribution in [2.75, 3.05) is 5.32 Å². The van der Waals surface area contributed by atoms with Gasteiger partial charge in [-0.15, -0.1) is 0 Å². The van der Waals surface area contributed by atoms with Gasteiger partial charge in [-0.2, -0.15) is 0 Å². The fourth-order valence-electron chi connectivity index (χ4n) is 2.75. The van der Waals surface area contributed by atoms with Crippen molar-refractivity contribution >= 4 is 17.5 Å². The largest absolute Gasteiger partial charge is 0.457 e. The van der Waals surface area contributed by atoms with E-state index in [1.807, 2.05) is 0 Å². The molecule has 3 N–H and O–H groups in total. The maximum absolute atomic E-state index is 12.5. The van der Waals surface area contributed by atoms with Crippen molar-refractivity contribution in [3.05, 3.63) is 102 Å². The molecule has 0 fully saturated rings. The summed E-state index contributed by atoms with van der Waals surface area (Å²) < 4.78 is 11.3. The number of rotatable bonds is 7. The Kier molecular flexibility index (Phi) is 6.03. The number of nitrogens with zero attached hydrogens (tertiary/aromatic N) is 2. The lowest BCUT2D eigenvalue weighted by atomic mass is 10.2. The number of aromatic nitrogens is 2. The number of anilines is 1. The smallest absolute Gasteiger partial charge is 0.321 e. The van der Waals surface area contributed by atoms with Crippen molar-refractivity contribution in [1.82, 2.24) is 9.97 Å². The van der Waals surface area contributed by atoms with Gasteiger partial charge in [0, 0.05) is 29.2 Å². The lowest BCUT2D eigenvalue weighted by molar-refractivity contribution is 0.0997. The van der Waals surface area contributed by atoms with Gasteiger partial charge in [-0.05, 0) is 78.9 Å². The molecule has 0 saturated heterocycles. The average Bonchev–Trinajstić information content (AvgIpc) is 2.82.